The second-order valence-electron chi connectivity index (χ2n) is 8.77. The number of pyridine rings is 1. The summed E-state index contributed by atoms with van der Waals surface area (Å²) in [5.41, 5.74) is 3.25. The van der Waals surface area contributed by atoms with E-state index in [1.165, 1.54) is 11.8 Å². The van der Waals surface area contributed by atoms with E-state index in [4.69, 9.17) is 19.2 Å². The highest BCUT2D eigenvalue weighted by Gasteiger charge is 2.42. The maximum Gasteiger partial charge on any atom is 0.338 e. The predicted molar refractivity (Wildman–Crippen MR) is 142 cm³/mol. The lowest BCUT2D eigenvalue weighted by Crippen LogP contribution is -2.38. The lowest BCUT2D eigenvalue weighted by molar-refractivity contribution is -0.143. The van der Waals surface area contributed by atoms with Crippen LogP contribution in [-0.4, -0.2) is 47.3 Å². The van der Waals surface area contributed by atoms with Gasteiger partial charge in [-0.1, -0.05) is 17.8 Å². The number of fused-ring (bicyclic) bond motifs is 1. The fraction of sp³-hybridized carbons (Fsp3) is 0.333. The minimum atomic E-state index is -0.629. The SMILES string of the molecule is COc1ccc(OC)c([C@@H]2C(C(=O)OC(C)C)=C(C)N=C3SC=C(CC(=O)NCc4cccnc4)N32)c1. The highest BCUT2D eigenvalue weighted by atomic mass is 32.2. The predicted octanol–water partition coefficient (Wildman–Crippen LogP) is 4.33. The van der Waals surface area contributed by atoms with Crippen LogP contribution in [-0.2, 0) is 20.9 Å². The summed E-state index contributed by atoms with van der Waals surface area (Å²) in [5.74, 6) is 0.556. The van der Waals surface area contributed by atoms with Crippen molar-refractivity contribution >= 4 is 28.8 Å². The molecule has 2 aliphatic heterocycles. The minimum Gasteiger partial charge on any atom is -0.497 e. The van der Waals surface area contributed by atoms with Gasteiger partial charge in [0.05, 0.1) is 44.1 Å². The Kier molecular flexibility index (Phi) is 8.17. The lowest BCUT2D eigenvalue weighted by atomic mass is 9.92. The molecule has 2 aliphatic rings. The Morgan fingerprint density at radius 1 is 1.19 bits per heavy atom. The van der Waals surface area contributed by atoms with Gasteiger partial charge in [0.2, 0.25) is 5.91 Å². The molecule has 0 spiro atoms. The molecule has 37 heavy (non-hydrogen) atoms. The number of nitrogens with one attached hydrogen (secondary N) is 1. The van der Waals surface area contributed by atoms with Crippen LogP contribution >= 0.6 is 11.8 Å². The van der Waals surface area contributed by atoms with Crippen LogP contribution in [0.5, 0.6) is 11.5 Å². The lowest BCUT2D eigenvalue weighted by Gasteiger charge is -2.37. The van der Waals surface area contributed by atoms with Crippen molar-refractivity contribution in [3.05, 3.63) is 76.2 Å². The number of aromatic nitrogens is 1. The van der Waals surface area contributed by atoms with E-state index in [0.717, 1.165) is 5.56 Å². The molecule has 2 aromatic rings. The summed E-state index contributed by atoms with van der Waals surface area (Å²) >= 11 is 1.41. The topological polar surface area (TPSA) is 102 Å². The van der Waals surface area contributed by atoms with Crippen LogP contribution < -0.4 is 14.8 Å². The second kappa shape index (κ2) is 11.5. The third kappa shape index (κ3) is 5.80. The number of hydrogen-bond acceptors (Lipinski definition) is 9. The van der Waals surface area contributed by atoms with E-state index < -0.39 is 12.0 Å². The number of methoxy groups -OCH3 is 2. The zero-order chi connectivity index (χ0) is 26.5. The van der Waals surface area contributed by atoms with E-state index in [1.54, 1.807) is 59.5 Å². The summed E-state index contributed by atoms with van der Waals surface area (Å²) in [6.07, 6.45) is 3.19. The molecule has 0 fully saturated rings. The fourth-order valence-corrected chi connectivity index (χ4v) is 5.15. The number of thioether (sulfide) groups is 1. The molecule has 194 valence electrons. The van der Waals surface area contributed by atoms with Crippen molar-refractivity contribution in [2.75, 3.05) is 14.2 Å². The number of benzene rings is 1. The van der Waals surface area contributed by atoms with Gasteiger partial charge in [-0.3, -0.25) is 9.78 Å². The molecule has 1 amide bonds. The molecule has 0 saturated heterocycles. The van der Waals surface area contributed by atoms with Gasteiger partial charge in [0, 0.05) is 30.2 Å². The molecule has 0 unspecified atom stereocenters. The zero-order valence-electron chi connectivity index (χ0n) is 21.5. The number of amides is 1. The van der Waals surface area contributed by atoms with Crippen molar-refractivity contribution in [2.24, 2.45) is 4.99 Å². The first-order chi connectivity index (χ1) is 17.8. The van der Waals surface area contributed by atoms with Crippen molar-refractivity contribution < 1.29 is 23.8 Å². The summed E-state index contributed by atoms with van der Waals surface area (Å²) < 4.78 is 16.8. The van der Waals surface area contributed by atoms with Gasteiger partial charge in [0.15, 0.2) is 5.17 Å². The van der Waals surface area contributed by atoms with Gasteiger partial charge in [0.1, 0.15) is 11.5 Å². The summed E-state index contributed by atoms with van der Waals surface area (Å²) in [7, 11) is 3.16. The molecule has 0 radical (unpaired) electrons. The molecular weight excluding hydrogens is 492 g/mol. The van der Waals surface area contributed by atoms with Gasteiger partial charge in [0.25, 0.3) is 0 Å². The molecule has 0 bridgehead atoms. The normalized spacial score (nSPS) is 16.7. The number of carbonyl (C=O) groups excluding carboxylic acids is 2. The maximum absolute atomic E-state index is 13.4. The highest BCUT2D eigenvalue weighted by molar-refractivity contribution is 8.16. The van der Waals surface area contributed by atoms with Gasteiger partial charge >= 0.3 is 5.97 Å². The summed E-state index contributed by atoms with van der Waals surface area (Å²) in [4.78, 5) is 37.0. The van der Waals surface area contributed by atoms with E-state index >= 15 is 0 Å². The van der Waals surface area contributed by atoms with Gasteiger partial charge in [-0.05, 0) is 56.0 Å². The monoisotopic (exact) mass is 522 g/mol. The minimum absolute atomic E-state index is 0.0978. The zero-order valence-corrected chi connectivity index (χ0v) is 22.3. The first kappa shape index (κ1) is 26.3. The average molecular weight is 523 g/mol. The van der Waals surface area contributed by atoms with E-state index in [0.29, 0.717) is 45.7 Å². The van der Waals surface area contributed by atoms with Gasteiger partial charge < -0.3 is 24.4 Å². The molecule has 1 atom stereocenters. The van der Waals surface area contributed by atoms with Gasteiger partial charge in [-0.2, -0.15) is 0 Å². The molecule has 9 nitrogen and oxygen atoms in total. The Morgan fingerprint density at radius 3 is 2.68 bits per heavy atom. The number of hydrogen-bond donors (Lipinski definition) is 1. The molecule has 0 saturated carbocycles. The Bertz CT molecular complexity index is 1270. The molecule has 1 N–H and O–H groups in total. The molecule has 10 heteroatoms. The second-order valence-corrected chi connectivity index (χ2v) is 9.61. The van der Waals surface area contributed by atoms with Gasteiger partial charge in [-0.15, -0.1) is 0 Å². The van der Waals surface area contributed by atoms with Crippen LogP contribution in [0.3, 0.4) is 0 Å². The number of amidine groups is 1. The van der Waals surface area contributed by atoms with E-state index in [1.807, 2.05) is 28.5 Å². The van der Waals surface area contributed by atoms with Crippen molar-refractivity contribution in [1.29, 1.82) is 0 Å². The van der Waals surface area contributed by atoms with Crippen LogP contribution in [0, 0.1) is 0 Å². The number of carbonyl (C=O) groups is 2. The number of rotatable bonds is 9. The first-order valence-corrected chi connectivity index (χ1v) is 12.7. The van der Waals surface area contributed by atoms with Crippen LogP contribution in [0.2, 0.25) is 0 Å². The smallest absolute Gasteiger partial charge is 0.338 e. The largest absolute Gasteiger partial charge is 0.497 e. The fourth-order valence-electron chi connectivity index (χ4n) is 4.19. The first-order valence-electron chi connectivity index (χ1n) is 11.8. The van der Waals surface area contributed by atoms with Crippen LogP contribution in [0.4, 0.5) is 0 Å². The van der Waals surface area contributed by atoms with Crippen molar-refractivity contribution in [3.8, 4) is 11.5 Å². The van der Waals surface area contributed by atoms with Gasteiger partial charge in [-0.25, -0.2) is 9.79 Å². The van der Waals surface area contributed by atoms with E-state index in [-0.39, 0.29) is 18.4 Å². The summed E-state index contributed by atoms with van der Waals surface area (Å²) in [5, 5.41) is 5.51. The third-order valence-electron chi connectivity index (χ3n) is 5.85. The average Bonchev–Trinajstić information content (AvgIpc) is 3.28. The van der Waals surface area contributed by atoms with Crippen LogP contribution in [0.1, 0.15) is 44.4 Å². The Hall–Kier alpha value is -3.79. The molecule has 0 aliphatic carbocycles. The number of ether oxygens (including phenoxy) is 3. The highest BCUT2D eigenvalue weighted by Crippen LogP contribution is 2.47. The van der Waals surface area contributed by atoms with E-state index in [9.17, 15) is 9.59 Å². The van der Waals surface area contributed by atoms with Crippen molar-refractivity contribution in [2.45, 2.75) is 45.9 Å². The molecule has 3 heterocycles. The van der Waals surface area contributed by atoms with Crippen LogP contribution in [0.15, 0.2) is 70.1 Å². The Balaban J connectivity index is 1.70. The number of aliphatic imine (C=N–C) groups is 1. The molecular formula is C27H30N4O5S. The number of esters is 1. The van der Waals surface area contributed by atoms with E-state index in [2.05, 4.69) is 10.3 Å². The Labute approximate surface area is 220 Å². The van der Waals surface area contributed by atoms with Crippen molar-refractivity contribution in [3.63, 3.8) is 0 Å². The maximum atomic E-state index is 13.4. The Morgan fingerprint density at radius 2 is 2.00 bits per heavy atom. The standard InChI is InChI=1S/C27H30N4O5S/c1-16(2)36-26(33)24-17(3)30-27-31(25(24)21-12-20(34-4)8-9-22(21)35-5)19(15-37-27)11-23(32)29-14-18-7-6-10-28-13-18/h6-10,12-13,15-16,25H,11,14H2,1-5H3,(H,29,32)/t25-/m1/s1. The van der Waals surface area contributed by atoms with Crippen LogP contribution in [0.25, 0.3) is 0 Å². The summed E-state index contributed by atoms with van der Waals surface area (Å²) in [6, 6.07) is 8.53. The quantitative estimate of drug-likeness (QED) is 0.486. The van der Waals surface area contributed by atoms with Crippen molar-refractivity contribution in [1.82, 2.24) is 15.2 Å². The molecule has 1 aromatic heterocycles. The molecule has 4 rings (SSSR count). The summed E-state index contributed by atoms with van der Waals surface area (Å²) in [6.45, 7) is 5.76. The number of allylic oxidation sites excluding steroid dienone is 1. The third-order valence-corrected chi connectivity index (χ3v) is 6.74. The molecule has 1 aromatic carbocycles. The number of nitrogens with zero attached hydrogens (tertiary/aromatic N) is 3.